The molecule has 0 spiro atoms. The number of ether oxygens (including phenoxy) is 1. The lowest BCUT2D eigenvalue weighted by Gasteiger charge is -2.23. The molecule has 0 saturated heterocycles. The van der Waals surface area contributed by atoms with Gasteiger partial charge in [0.1, 0.15) is 11.8 Å². The summed E-state index contributed by atoms with van der Waals surface area (Å²) < 4.78 is 5.27. The number of quaternary nitrogens is 1. The van der Waals surface area contributed by atoms with Crippen molar-refractivity contribution in [1.82, 2.24) is 5.32 Å². The van der Waals surface area contributed by atoms with E-state index in [1.807, 2.05) is 26.2 Å². The Morgan fingerprint density at radius 2 is 1.76 bits per heavy atom. The molecular weight excluding hydrogens is 314 g/mol. The van der Waals surface area contributed by atoms with Crippen LogP contribution in [0.15, 0.2) is 48.5 Å². The third-order valence-corrected chi connectivity index (χ3v) is 4.33. The first-order valence-electron chi connectivity index (χ1n) is 8.42. The predicted molar refractivity (Wildman–Crippen MR) is 102 cm³/mol. The van der Waals surface area contributed by atoms with Crippen molar-refractivity contribution >= 4 is 11.6 Å². The number of carbonyl (C=O) groups excluding carboxylic acids is 1. The van der Waals surface area contributed by atoms with Crippen LogP contribution in [0.2, 0.25) is 0 Å². The molecule has 2 aromatic rings. The highest BCUT2D eigenvalue weighted by atomic mass is 16.5. The number of hydrogen-bond acceptors (Lipinski definition) is 3. The lowest BCUT2D eigenvalue weighted by atomic mass is 10.0. The van der Waals surface area contributed by atoms with Crippen LogP contribution in [-0.2, 0) is 0 Å². The molecule has 5 heteroatoms. The monoisotopic (exact) mass is 342 g/mol. The largest absolute Gasteiger partial charge is 0.496 e. The van der Waals surface area contributed by atoms with Gasteiger partial charge < -0.3 is 19.9 Å². The average molecular weight is 342 g/mol. The molecule has 5 nitrogen and oxygen atoms in total. The Labute approximate surface area is 150 Å². The number of para-hydroxylation sites is 1. The Balaban J connectivity index is 2.10. The lowest BCUT2D eigenvalue weighted by molar-refractivity contribution is -0.890. The van der Waals surface area contributed by atoms with Gasteiger partial charge in [0.2, 0.25) is 0 Å². The standard InChI is InChI=1S/C20H27N3O2/c1-22(2)16-12-10-15(11-13-16)18(23(3)4)14-21-20(24)17-8-6-7-9-19(17)25-5/h6-13,18H,14H2,1-5H3,(H,21,24)/p+1/t18-/m0/s1. The molecule has 0 bridgehead atoms. The van der Waals surface area contributed by atoms with Crippen LogP contribution >= 0.6 is 0 Å². The van der Waals surface area contributed by atoms with Crippen molar-refractivity contribution in [2.24, 2.45) is 0 Å². The molecule has 0 aliphatic rings. The maximum atomic E-state index is 12.5. The molecule has 134 valence electrons. The molecule has 2 N–H and O–H groups in total. The smallest absolute Gasteiger partial charge is 0.255 e. The van der Waals surface area contributed by atoms with E-state index in [2.05, 4.69) is 48.6 Å². The maximum absolute atomic E-state index is 12.5. The van der Waals surface area contributed by atoms with E-state index in [4.69, 9.17) is 4.74 Å². The fourth-order valence-corrected chi connectivity index (χ4v) is 2.78. The van der Waals surface area contributed by atoms with Gasteiger partial charge in [0, 0.05) is 25.3 Å². The van der Waals surface area contributed by atoms with Crippen molar-refractivity contribution in [3.05, 3.63) is 59.7 Å². The molecule has 0 heterocycles. The third-order valence-electron chi connectivity index (χ3n) is 4.33. The van der Waals surface area contributed by atoms with Gasteiger partial charge in [-0.2, -0.15) is 0 Å². The van der Waals surface area contributed by atoms with E-state index >= 15 is 0 Å². The number of nitrogens with one attached hydrogen (secondary N) is 2. The van der Waals surface area contributed by atoms with E-state index in [1.165, 1.54) is 10.5 Å². The van der Waals surface area contributed by atoms with Gasteiger partial charge in [0.25, 0.3) is 5.91 Å². The molecule has 0 radical (unpaired) electrons. The van der Waals surface area contributed by atoms with Crippen molar-refractivity contribution < 1.29 is 14.4 Å². The lowest BCUT2D eigenvalue weighted by Crippen LogP contribution is -3.07. The van der Waals surface area contributed by atoms with Crippen LogP contribution in [0.1, 0.15) is 22.0 Å². The maximum Gasteiger partial charge on any atom is 0.255 e. The van der Waals surface area contributed by atoms with Gasteiger partial charge in [-0.1, -0.05) is 24.3 Å². The second kappa shape index (κ2) is 8.53. The predicted octanol–water partition coefficient (Wildman–Crippen LogP) is 1.38. The van der Waals surface area contributed by atoms with Crippen LogP contribution in [-0.4, -0.2) is 47.8 Å². The highest BCUT2D eigenvalue weighted by Crippen LogP contribution is 2.18. The molecule has 0 aliphatic heterocycles. The summed E-state index contributed by atoms with van der Waals surface area (Å²) in [7, 11) is 9.82. The zero-order chi connectivity index (χ0) is 18.4. The summed E-state index contributed by atoms with van der Waals surface area (Å²) in [5.41, 5.74) is 2.92. The van der Waals surface area contributed by atoms with E-state index in [9.17, 15) is 4.79 Å². The number of benzene rings is 2. The summed E-state index contributed by atoms with van der Waals surface area (Å²) in [6.07, 6.45) is 0. The van der Waals surface area contributed by atoms with Crippen LogP contribution in [0, 0.1) is 0 Å². The van der Waals surface area contributed by atoms with Gasteiger partial charge in [0.05, 0.1) is 33.3 Å². The third kappa shape index (κ3) is 4.73. The second-order valence-electron chi connectivity index (χ2n) is 6.53. The first-order valence-corrected chi connectivity index (χ1v) is 8.42. The molecule has 25 heavy (non-hydrogen) atoms. The van der Waals surface area contributed by atoms with E-state index in [0.717, 1.165) is 5.69 Å². The molecule has 1 amide bonds. The van der Waals surface area contributed by atoms with E-state index < -0.39 is 0 Å². The molecule has 2 aromatic carbocycles. The first kappa shape index (κ1) is 18.8. The number of rotatable bonds is 7. The molecule has 2 rings (SSSR count). The summed E-state index contributed by atoms with van der Waals surface area (Å²) in [5, 5.41) is 3.04. The summed E-state index contributed by atoms with van der Waals surface area (Å²) in [6.45, 7) is 0.556. The fraction of sp³-hybridized carbons (Fsp3) is 0.350. The molecule has 0 aromatic heterocycles. The fourth-order valence-electron chi connectivity index (χ4n) is 2.78. The number of likely N-dealkylation sites (N-methyl/N-ethyl adjacent to an activating group) is 1. The van der Waals surface area contributed by atoms with Gasteiger partial charge >= 0.3 is 0 Å². The minimum atomic E-state index is -0.117. The number of nitrogens with zero attached hydrogens (tertiary/aromatic N) is 1. The number of carbonyl (C=O) groups is 1. The first-order chi connectivity index (χ1) is 11.9. The molecule has 0 aliphatic carbocycles. The summed E-state index contributed by atoms with van der Waals surface area (Å²) in [5.74, 6) is 0.470. The van der Waals surface area contributed by atoms with Gasteiger partial charge in [-0.25, -0.2) is 0 Å². The Morgan fingerprint density at radius 3 is 2.32 bits per heavy atom. The highest BCUT2D eigenvalue weighted by Gasteiger charge is 2.20. The van der Waals surface area contributed by atoms with Gasteiger partial charge in [-0.3, -0.25) is 4.79 Å². The van der Waals surface area contributed by atoms with Crippen LogP contribution in [0.5, 0.6) is 5.75 Å². The minimum Gasteiger partial charge on any atom is -0.496 e. The SMILES string of the molecule is COc1ccccc1C(=O)NC[C@@H](c1ccc(N(C)C)cc1)[NH+](C)C. The van der Waals surface area contributed by atoms with E-state index in [0.29, 0.717) is 17.9 Å². The topological polar surface area (TPSA) is 46.0 Å². The summed E-state index contributed by atoms with van der Waals surface area (Å²) in [4.78, 5) is 15.9. The van der Waals surface area contributed by atoms with Gasteiger partial charge in [0.15, 0.2) is 0 Å². The Kier molecular flexibility index (Phi) is 6.42. The van der Waals surface area contributed by atoms with Crippen LogP contribution in [0.3, 0.4) is 0 Å². The van der Waals surface area contributed by atoms with Crippen LogP contribution < -0.4 is 19.9 Å². The van der Waals surface area contributed by atoms with Gasteiger partial charge in [-0.15, -0.1) is 0 Å². The number of amides is 1. The van der Waals surface area contributed by atoms with Crippen molar-refractivity contribution in [2.75, 3.05) is 46.7 Å². The van der Waals surface area contributed by atoms with Crippen molar-refractivity contribution in [3.8, 4) is 5.75 Å². The highest BCUT2D eigenvalue weighted by molar-refractivity contribution is 5.96. The number of methoxy groups -OCH3 is 1. The quantitative estimate of drug-likeness (QED) is 0.799. The molecule has 0 unspecified atom stereocenters. The van der Waals surface area contributed by atoms with Crippen molar-refractivity contribution in [3.63, 3.8) is 0 Å². The number of anilines is 1. The van der Waals surface area contributed by atoms with Gasteiger partial charge in [-0.05, 0) is 24.3 Å². The van der Waals surface area contributed by atoms with Crippen LogP contribution in [0.25, 0.3) is 0 Å². The minimum absolute atomic E-state index is 0.117. The Hall–Kier alpha value is -2.53. The zero-order valence-electron chi connectivity index (χ0n) is 15.7. The zero-order valence-corrected chi connectivity index (χ0v) is 15.7. The Bertz CT molecular complexity index is 696. The summed E-state index contributed by atoms with van der Waals surface area (Å²) in [6, 6.07) is 15.9. The second-order valence-corrected chi connectivity index (χ2v) is 6.53. The number of hydrogen-bond donors (Lipinski definition) is 2. The van der Waals surface area contributed by atoms with E-state index in [1.54, 1.807) is 19.2 Å². The Morgan fingerprint density at radius 1 is 1.12 bits per heavy atom. The summed E-state index contributed by atoms with van der Waals surface area (Å²) >= 11 is 0. The normalized spacial score (nSPS) is 11.9. The molecular formula is C20H28N3O2+. The van der Waals surface area contributed by atoms with Crippen molar-refractivity contribution in [1.29, 1.82) is 0 Å². The van der Waals surface area contributed by atoms with Crippen LogP contribution in [0.4, 0.5) is 5.69 Å². The molecule has 0 saturated carbocycles. The van der Waals surface area contributed by atoms with Crippen molar-refractivity contribution in [2.45, 2.75) is 6.04 Å². The molecule has 0 fully saturated rings. The average Bonchev–Trinajstić information content (AvgIpc) is 2.61. The van der Waals surface area contributed by atoms with E-state index in [-0.39, 0.29) is 11.9 Å². The molecule has 1 atom stereocenters.